The number of carbonyl (C=O) groups excluding carboxylic acids is 1. The molecule has 1 aliphatic heterocycles. The lowest BCUT2D eigenvalue weighted by Crippen LogP contribution is -2.26. The minimum absolute atomic E-state index is 0.00987. The molecule has 3 aromatic rings. The van der Waals surface area contributed by atoms with Gasteiger partial charge in [0.1, 0.15) is 13.2 Å². The highest BCUT2D eigenvalue weighted by atomic mass is 16.6. The molecule has 4 nitrogen and oxygen atoms in total. The van der Waals surface area contributed by atoms with Crippen molar-refractivity contribution in [2.24, 2.45) is 0 Å². The molecule has 0 N–H and O–H groups in total. The molecule has 27 heavy (non-hydrogen) atoms. The number of nitrogens with zero attached hydrogens (tertiary/aromatic N) is 1. The van der Waals surface area contributed by atoms with E-state index in [2.05, 4.69) is 0 Å². The maximum Gasteiger partial charge on any atom is 0.254 e. The highest BCUT2D eigenvalue weighted by Crippen LogP contribution is 2.31. The second kappa shape index (κ2) is 7.54. The molecule has 4 heteroatoms. The third kappa shape index (κ3) is 3.65. The Morgan fingerprint density at radius 3 is 2.41 bits per heavy atom. The van der Waals surface area contributed by atoms with Gasteiger partial charge < -0.3 is 14.4 Å². The average molecular weight is 359 g/mol. The van der Waals surface area contributed by atoms with Crippen molar-refractivity contribution in [3.05, 3.63) is 83.9 Å². The van der Waals surface area contributed by atoms with Gasteiger partial charge in [-0.3, -0.25) is 4.79 Å². The zero-order valence-corrected chi connectivity index (χ0v) is 15.2. The van der Waals surface area contributed by atoms with Crippen molar-refractivity contribution in [2.45, 2.75) is 6.54 Å². The predicted molar refractivity (Wildman–Crippen MR) is 105 cm³/mol. The van der Waals surface area contributed by atoms with Gasteiger partial charge in [-0.25, -0.2) is 0 Å². The first-order valence-corrected chi connectivity index (χ1v) is 9.01. The van der Waals surface area contributed by atoms with Crippen molar-refractivity contribution < 1.29 is 14.3 Å². The summed E-state index contributed by atoms with van der Waals surface area (Å²) >= 11 is 0. The molecule has 3 aromatic carbocycles. The van der Waals surface area contributed by atoms with Crippen LogP contribution < -0.4 is 9.47 Å². The summed E-state index contributed by atoms with van der Waals surface area (Å²) in [5, 5.41) is 0. The molecule has 1 amide bonds. The Balaban J connectivity index is 1.57. The minimum atomic E-state index is -0.00987. The van der Waals surface area contributed by atoms with E-state index in [4.69, 9.17) is 9.47 Å². The van der Waals surface area contributed by atoms with Gasteiger partial charge in [0.15, 0.2) is 11.5 Å². The van der Waals surface area contributed by atoms with Crippen molar-refractivity contribution in [3.8, 4) is 22.6 Å². The summed E-state index contributed by atoms with van der Waals surface area (Å²) in [6.45, 7) is 1.62. The van der Waals surface area contributed by atoms with Crippen LogP contribution in [0.3, 0.4) is 0 Å². The molecule has 0 saturated carbocycles. The molecule has 4 rings (SSSR count). The molecule has 0 saturated heterocycles. The highest BCUT2D eigenvalue weighted by Gasteiger charge is 2.18. The smallest absolute Gasteiger partial charge is 0.254 e. The van der Waals surface area contributed by atoms with Gasteiger partial charge in [-0.05, 0) is 34.9 Å². The van der Waals surface area contributed by atoms with E-state index in [1.54, 1.807) is 4.90 Å². The van der Waals surface area contributed by atoms with E-state index in [1.807, 2.05) is 79.8 Å². The fraction of sp³-hybridized carbons (Fsp3) is 0.174. The molecule has 0 spiro atoms. The normalized spacial score (nSPS) is 12.5. The van der Waals surface area contributed by atoms with Crippen LogP contribution in [0, 0.1) is 0 Å². The third-order valence-electron chi connectivity index (χ3n) is 4.62. The van der Waals surface area contributed by atoms with Crippen LogP contribution in [0.15, 0.2) is 72.8 Å². The molecule has 0 radical (unpaired) electrons. The van der Waals surface area contributed by atoms with Crippen LogP contribution in [0.2, 0.25) is 0 Å². The fourth-order valence-electron chi connectivity index (χ4n) is 3.28. The van der Waals surface area contributed by atoms with E-state index in [9.17, 15) is 4.79 Å². The summed E-state index contributed by atoms with van der Waals surface area (Å²) in [7, 11) is 1.82. The Kier molecular flexibility index (Phi) is 4.79. The monoisotopic (exact) mass is 359 g/mol. The van der Waals surface area contributed by atoms with Crippen molar-refractivity contribution in [2.75, 3.05) is 20.3 Å². The molecular formula is C23H21NO3. The lowest BCUT2D eigenvalue weighted by atomic mass is 9.99. The summed E-state index contributed by atoms with van der Waals surface area (Å²) in [6.07, 6.45) is 0. The molecule has 1 heterocycles. The highest BCUT2D eigenvalue weighted by molar-refractivity contribution is 6.00. The molecule has 0 aromatic heterocycles. The van der Waals surface area contributed by atoms with Crippen LogP contribution >= 0.6 is 0 Å². The van der Waals surface area contributed by atoms with Gasteiger partial charge in [0.05, 0.1) is 0 Å². The third-order valence-corrected chi connectivity index (χ3v) is 4.62. The summed E-state index contributed by atoms with van der Waals surface area (Å²) in [4.78, 5) is 14.8. The van der Waals surface area contributed by atoms with Gasteiger partial charge in [-0.1, -0.05) is 54.6 Å². The molecule has 1 aliphatic rings. The van der Waals surface area contributed by atoms with E-state index in [0.29, 0.717) is 25.3 Å². The Hall–Kier alpha value is -3.27. The van der Waals surface area contributed by atoms with Crippen molar-refractivity contribution in [1.29, 1.82) is 0 Å². The van der Waals surface area contributed by atoms with Crippen LogP contribution in [0.25, 0.3) is 11.1 Å². The van der Waals surface area contributed by atoms with Crippen LogP contribution in [-0.2, 0) is 6.54 Å². The van der Waals surface area contributed by atoms with Crippen molar-refractivity contribution in [1.82, 2.24) is 4.90 Å². The number of ether oxygens (including phenoxy) is 2. The molecule has 136 valence electrons. The number of hydrogen-bond acceptors (Lipinski definition) is 3. The maximum atomic E-state index is 13.1. The lowest BCUT2D eigenvalue weighted by molar-refractivity contribution is 0.0785. The van der Waals surface area contributed by atoms with E-state index in [1.165, 1.54) is 0 Å². The predicted octanol–water partition coefficient (Wildman–Crippen LogP) is 4.40. The van der Waals surface area contributed by atoms with E-state index in [-0.39, 0.29) is 5.91 Å². The van der Waals surface area contributed by atoms with Gasteiger partial charge in [0.2, 0.25) is 0 Å². The summed E-state index contributed by atoms with van der Waals surface area (Å²) < 4.78 is 11.2. The molecule has 0 aliphatic carbocycles. The van der Waals surface area contributed by atoms with Crippen LogP contribution in [0.4, 0.5) is 0 Å². The standard InChI is InChI=1S/C23H21NO3/c1-24(16-17-11-12-21-22(15-17)27-14-13-26-21)23(25)20-10-6-5-9-19(20)18-7-3-2-4-8-18/h2-12,15H,13-14,16H2,1H3. The number of carbonyl (C=O) groups is 1. The quantitative estimate of drug-likeness (QED) is 0.693. The lowest BCUT2D eigenvalue weighted by Gasteiger charge is -2.22. The zero-order chi connectivity index (χ0) is 18.6. The number of fused-ring (bicyclic) bond motifs is 1. The molecule has 0 bridgehead atoms. The fourth-order valence-corrected chi connectivity index (χ4v) is 3.28. The topological polar surface area (TPSA) is 38.8 Å². The van der Waals surface area contributed by atoms with E-state index >= 15 is 0 Å². The Bertz CT molecular complexity index is 953. The zero-order valence-electron chi connectivity index (χ0n) is 15.2. The first kappa shape index (κ1) is 17.2. The number of amides is 1. The first-order valence-electron chi connectivity index (χ1n) is 9.01. The van der Waals surface area contributed by atoms with Gasteiger partial charge in [0, 0.05) is 19.2 Å². The van der Waals surface area contributed by atoms with Gasteiger partial charge in [-0.15, -0.1) is 0 Å². The number of hydrogen-bond donors (Lipinski definition) is 0. The molecular weight excluding hydrogens is 338 g/mol. The van der Waals surface area contributed by atoms with Crippen LogP contribution in [0.5, 0.6) is 11.5 Å². The van der Waals surface area contributed by atoms with Crippen LogP contribution in [-0.4, -0.2) is 31.1 Å². The van der Waals surface area contributed by atoms with Gasteiger partial charge in [-0.2, -0.15) is 0 Å². The van der Waals surface area contributed by atoms with E-state index in [0.717, 1.165) is 28.2 Å². The number of rotatable bonds is 4. The Morgan fingerprint density at radius 2 is 1.59 bits per heavy atom. The molecule has 0 fully saturated rings. The Morgan fingerprint density at radius 1 is 0.889 bits per heavy atom. The Labute approximate surface area is 159 Å². The van der Waals surface area contributed by atoms with Gasteiger partial charge >= 0.3 is 0 Å². The average Bonchev–Trinajstić information content (AvgIpc) is 2.73. The van der Waals surface area contributed by atoms with Gasteiger partial charge in [0.25, 0.3) is 5.91 Å². The molecule has 0 atom stereocenters. The molecule has 0 unspecified atom stereocenters. The first-order chi connectivity index (χ1) is 13.2. The van der Waals surface area contributed by atoms with E-state index < -0.39 is 0 Å². The van der Waals surface area contributed by atoms with Crippen LogP contribution in [0.1, 0.15) is 15.9 Å². The van der Waals surface area contributed by atoms with Crippen molar-refractivity contribution in [3.63, 3.8) is 0 Å². The summed E-state index contributed by atoms with van der Waals surface area (Å²) in [5.74, 6) is 1.49. The number of benzene rings is 3. The largest absolute Gasteiger partial charge is 0.486 e. The van der Waals surface area contributed by atoms with Crippen molar-refractivity contribution >= 4 is 5.91 Å². The summed E-state index contributed by atoms with van der Waals surface area (Å²) in [5.41, 5.74) is 3.68. The summed E-state index contributed by atoms with van der Waals surface area (Å²) in [6, 6.07) is 23.5. The SMILES string of the molecule is CN(Cc1ccc2c(c1)OCCO2)C(=O)c1ccccc1-c1ccccc1. The maximum absolute atomic E-state index is 13.1. The second-order valence-electron chi connectivity index (χ2n) is 6.55. The second-order valence-corrected chi connectivity index (χ2v) is 6.55. The minimum Gasteiger partial charge on any atom is -0.486 e.